The van der Waals surface area contributed by atoms with E-state index in [2.05, 4.69) is 15.5 Å². The van der Waals surface area contributed by atoms with E-state index in [-0.39, 0.29) is 11.0 Å². The van der Waals surface area contributed by atoms with Crippen molar-refractivity contribution >= 4 is 39.9 Å². The van der Waals surface area contributed by atoms with Crippen LogP contribution in [0.15, 0.2) is 0 Å². The second kappa shape index (κ2) is 5.76. The third-order valence-corrected chi connectivity index (χ3v) is 3.01. The summed E-state index contributed by atoms with van der Waals surface area (Å²) in [5.41, 5.74) is 0. The number of halogens is 1. The first kappa shape index (κ1) is 12.9. The highest BCUT2D eigenvalue weighted by molar-refractivity contribution is 7.15. The maximum Gasteiger partial charge on any atom is 0.313 e. The molecular weight excluding hydrogens is 254 g/mol. The molecule has 2 N–H and O–H groups in total. The zero-order valence-corrected chi connectivity index (χ0v) is 10.0. The number of hydrogen-bond acceptors (Lipinski definition) is 5. The van der Waals surface area contributed by atoms with Gasteiger partial charge in [-0.1, -0.05) is 18.3 Å². The van der Waals surface area contributed by atoms with Crippen molar-refractivity contribution in [2.75, 3.05) is 11.2 Å². The molecule has 1 aromatic rings. The van der Waals surface area contributed by atoms with Gasteiger partial charge in [0.15, 0.2) is 0 Å². The van der Waals surface area contributed by atoms with Crippen LogP contribution < -0.4 is 5.32 Å². The van der Waals surface area contributed by atoms with Crippen molar-refractivity contribution in [2.24, 2.45) is 0 Å². The molecule has 16 heavy (non-hydrogen) atoms. The summed E-state index contributed by atoms with van der Waals surface area (Å²) in [5, 5.41) is 19.3. The molecule has 0 radical (unpaired) electrons. The molecule has 8 heteroatoms. The molecule has 88 valence electrons. The molecule has 1 amide bonds. The van der Waals surface area contributed by atoms with Gasteiger partial charge in [0.25, 0.3) is 0 Å². The van der Waals surface area contributed by atoms with Crippen LogP contribution in [-0.4, -0.2) is 33.1 Å². The van der Waals surface area contributed by atoms with E-state index >= 15 is 0 Å². The molecule has 0 aromatic carbocycles. The molecule has 1 aromatic heterocycles. The average molecular weight is 264 g/mol. The summed E-state index contributed by atoms with van der Waals surface area (Å²) in [4.78, 5) is 21.8. The number of nitrogens with zero attached hydrogens (tertiary/aromatic N) is 2. The summed E-state index contributed by atoms with van der Waals surface area (Å²) in [7, 11) is 0. The van der Waals surface area contributed by atoms with E-state index in [4.69, 9.17) is 16.7 Å². The number of carbonyl (C=O) groups is 2. The smallest absolute Gasteiger partial charge is 0.313 e. The standard InChI is InChI=1S/C8H10ClN3O3S/c1-2-4(7(14)15)6-11-12-8(16-6)10-5(13)3-9/h4H,2-3H2,1H3,(H,14,15)(H,10,12,13). The van der Waals surface area contributed by atoms with Crippen molar-refractivity contribution in [1.82, 2.24) is 10.2 Å². The number of carbonyl (C=O) groups excluding carboxylic acids is 1. The normalized spacial score (nSPS) is 12.1. The summed E-state index contributed by atoms with van der Waals surface area (Å²) < 4.78 is 0. The minimum atomic E-state index is -0.950. The molecule has 1 rings (SSSR count). The Hall–Kier alpha value is -1.21. The molecule has 6 nitrogen and oxygen atoms in total. The van der Waals surface area contributed by atoms with E-state index in [9.17, 15) is 9.59 Å². The van der Waals surface area contributed by atoms with E-state index in [1.54, 1.807) is 6.92 Å². The van der Waals surface area contributed by atoms with Crippen LogP contribution >= 0.6 is 22.9 Å². The molecule has 1 unspecified atom stereocenters. The van der Waals surface area contributed by atoms with E-state index in [0.717, 1.165) is 11.3 Å². The number of amides is 1. The first-order valence-electron chi connectivity index (χ1n) is 4.50. The predicted molar refractivity (Wildman–Crippen MR) is 59.9 cm³/mol. The Bertz CT molecular complexity index is 396. The monoisotopic (exact) mass is 263 g/mol. The number of nitrogens with one attached hydrogen (secondary N) is 1. The largest absolute Gasteiger partial charge is 0.481 e. The maximum absolute atomic E-state index is 10.9. The van der Waals surface area contributed by atoms with E-state index < -0.39 is 17.8 Å². The van der Waals surface area contributed by atoms with Crippen LogP contribution in [0.5, 0.6) is 0 Å². The topological polar surface area (TPSA) is 92.2 Å². The lowest BCUT2D eigenvalue weighted by Crippen LogP contribution is -2.12. The lowest BCUT2D eigenvalue weighted by Gasteiger charge is -2.03. The Kier molecular flexibility index (Phi) is 4.63. The Morgan fingerprint density at radius 1 is 1.56 bits per heavy atom. The van der Waals surface area contributed by atoms with Crippen molar-refractivity contribution in [2.45, 2.75) is 19.3 Å². The Morgan fingerprint density at radius 2 is 2.25 bits per heavy atom. The van der Waals surface area contributed by atoms with E-state index in [1.165, 1.54) is 0 Å². The van der Waals surface area contributed by atoms with Crippen LogP contribution in [0.2, 0.25) is 0 Å². The number of aromatic nitrogens is 2. The van der Waals surface area contributed by atoms with E-state index in [1.807, 2.05) is 0 Å². The van der Waals surface area contributed by atoms with Gasteiger partial charge in [-0.15, -0.1) is 21.8 Å². The summed E-state index contributed by atoms with van der Waals surface area (Å²) in [6, 6.07) is 0. The minimum Gasteiger partial charge on any atom is -0.481 e. The summed E-state index contributed by atoms with van der Waals surface area (Å²) in [6.45, 7) is 1.75. The van der Waals surface area contributed by atoms with Crippen LogP contribution in [0, 0.1) is 0 Å². The highest BCUT2D eigenvalue weighted by Gasteiger charge is 2.22. The number of carboxylic acid groups (broad SMARTS) is 1. The highest BCUT2D eigenvalue weighted by atomic mass is 35.5. The van der Waals surface area contributed by atoms with Gasteiger partial charge < -0.3 is 5.11 Å². The lowest BCUT2D eigenvalue weighted by molar-refractivity contribution is -0.138. The van der Waals surface area contributed by atoms with Crippen LogP contribution in [0.4, 0.5) is 5.13 Å². The molecule has 0 aliphatic carbocycles. The first-order chi connectivity index (χ1) is 7.58. The zero-order valence-electron chi connectivity index (χ0n) is 8.44. The lowest BCUT2D eigenvalue weighted by atomic mass is 10.1. The van der Waals surface area contributed by atoms with Crippen molar-refractivity contribution in [3.8, 4) is 0 Å². The van der Waals surface area contributed by atoms with Crippen molar-refractivity contribution in [3.05, 3.63) is 5.01 Å². The fraction of sp³-hybridized carbons (Fsp3) is 0.500. The van der Waals surface area contributed by atoms with Crippen LogP contribution in [0.1, 0.15) is 24.3 Å². The molecule has 0 spiro atoms. The molecule has 0 bridgehead atoms. The SMILES string of the molecule is CCC(C(=O)O)c1nnc(NC(=O)CCl)s1. The maximum atomic E-state index is 10.9. The van der Waals surface area contributed by atoms with Gasteiger partial charge in [0.1, 0.15) is 16.8 Å². The number of carboxylic acids is 1. The quantitative estimate of drug-likeness (QED) is 0.781. The second-order valence-electron chi connectivity index (χ2n) is 2.93. The summed E-state index contributed by atoms with van der Waals surface area (Å²) in [5.74, 6) is -2.20. The molecule has 0 aliphatic rings. The molecule has 0 fully saturated rings. The molecule has 1 atom stereocenters. The van der Waals surface area contributed by atoms with Crippen LogP contribution in [0.3, 0.4) is 0 Å². The van der Waals surface area contributed by atoms with Crippen molar-refractivity contribution < 1.29 is 14.7 Å². The summed E-state index contributed by atoms with van der Waals surface area (Å²) >= 11 is 6.34. The van der Waals surface area contributed by atoms with Gasteiger partial charge in [0.2, 0.25) is 11.0 Å². The van der Waals surface area contributed by atoms with Crippen LogP contribution in [-0.2, 0) is 9.59 Å². The second-order valence-corrected chi connectivity index (χ2v) is 4.20. The highest BCUT2D eigenvalue weighted by Crippen LogP contribution is 2.25. The third kappa shape index (κ3) is 3.14. The molecule has 0 aliphatic heterocycles. The first-order valence-corrected chi connectivity index (χ1v) is 5.85. The average Bonchev–Trinajstić information content (AvgIpc) is 2.66. The fourth-order valence-corrected chi connectivity index (χ4v) is 2.04. The molecule has 1 heterocycles. The van der Waals surface area contributed by atoms with Crippen molar-refractivity contribution in [1.29, 1.82) is 0 Å². The molecule has 0 saturated carbocycles. The molecule has 0 saturated heterocycles. The van der Waals surface area contributed by atoms with Gasteiger partial charge in [0, 0.05) is 0 Å². The Balaban J connectivity index is 2.77. The number of rotatable bonds is 5. The van der Waals surface area contributed by atoms with Gasteiger partial charge in [-0.2, -0.15) is 0 Å². The zero-order chi connectivity index (χ0) is 12.1. The number of aliphatic carboxylic acids is 1. The Labute approximate surface area is 101 Å². The van der Waals surface area contributed by atoms with Gasteiger partial charge in [0.05, 0.1) is 0 Å². The van der Waals surface area contributed by atoms with E-state index in [0.29, 0.717) is 11.4 Å². The van der Waals surface area contributed by atoms with Crippen LogP contribution in [0.25, 0.3) is 0 Å². The number of alkyl halides is 1. The number of hydrogen-bond donors (Lipinski definition) is 2. The number of anilines is 1. The predicted octanol–water partition coefficient (Wildman–Crippen LogP) is 1.29. The van der Waals surface area contributed by atoms with Gasteiger partial charge in [-0.25, -0.2) is 0 Å². The van der Waals surface area contributed by atoms with Gasteiger partial charge >= 0.3 is 5.97 Å². The molecular formula is C8H10ClN3O3S. The Morgan fingerprint density at radius 3 is 2.75 bits per heavy atom. The van der Waals surface area contributed by atoms with Gasteiger partial charge in [-0.05, 0) is 6.42 Å². The fourth-order valence-electron chi connectivity index (χ4n) is 1.03. The minimum absolute atomic E-state index is 0.176. The summed E-state index contributed by atoms with van der Waals surface area (Å²) in [6.07, 6.45) is 0.424. The third-order valence-electron chi connectivity index (χ3n) is 1.81. The van der Waals surface area contributed by atoms with Crippen molar-refractivity contribution in [3.63, 3.8) is 0 Å². The van der Waals surface area contributed by atoms with Gasteiger partial charge in [-0.3, -0.25) is 14.9 Å².